The molecule has 0 amide bonds. The number of ether oxygens (including phenoxy) is 1. The zero-order chi connectivity index (χ0) is 15.1. The highest BCUT2D eigenvalue weighted by atomic mass is 19.1. The average molecular weight is 301 g/mol. The molecule has 4 rings (SSSR count). The molecule has 0 bridgehead atoms. The first kappa shape index (κ1) is 13.7. The molecule has 2 aliphatic rings. The van der Waals surface area contributed by atoms with E-state index in [1.165, 1.54) is 12.1 Å². The van der Waals surface area contributed by atoms with Crippen molar-refractivity contribution in [3.05, 3.63) is 65.2 Å². The van der Waals surface area contributed by atoms with Gasteiger partial charge >= 0.3 is 0 Å². The Hall–Kier alpha value is -1.94. The van der Waals surface area contributed by atoms with E-state index in [1.54, 1.807) is 24.3 Å². The van der Waals surface area contributed by atoms with E-state index in [9.17, 15) is 8.78 Å². The molecule has 22 heavy (non-hydrogen) atoms. The Morgan fingerprint density at radius 3 is 2.77 bits per heavy atom. The molecule has 2 heterocycles. The number of hydrogen-bond donors (Lipinski definition) is 1. The molecule has 0 unspecified atom stereocenters. The second-order valence-corrected chi connectivity index (χ2v) is 6.01. The lowest BCUT2D eigenvalue weighted by Crippen LogP contribution is -2.36. The van der Waals surface area contributed by atoms with Gasteiger partial charge in [0.15, 0.2) is 0 Å². The van der Waals surface area contributed by atoms with Crippen LogP contribution in [0.15, 0.2) is 42.5 Å². The fraction of sp³-hybridized carbons (Fsp3) is 0.333. The van der Waals surface area contributed by atoms with Crippen LogP contribution in [0.1, 0.15) is 36.1 Å². The van der Waals surface area contributed by atoms with Crippen LogP contribution in [0.5, 0.6) is 0 Å². The second-order valence-electron chi connectivity index (χ2n) is 6.01. The number of rotatable bonds is 1. The standard InChI is InChI=1S/C18H17F2NO/c19-12-4-1-3-11(9-12)17-14-5-2-8-22-18(14)15-10-13(20)6-7-16(15)21-17/h1,3-4,6-7,9-10,14,17-18,21H,2,5,8H2/t14-,17-,18-/m1/s1. The Kier molecular flexibility index (Phi) is 3.34. The summed E-state index contributed by atoms with van der Waals surface area (Å²) in [6.45, 7) is 0.687. The summed E-state index contributed by atoms with van der Waals surface area (Å²) in [6, 6.07) is 11.4. The van der Waals surface area contributed by atoms with E-state index in [0.717, 1.165) is 29.7 Å². The lowest BCUT2D eigenvalue weighted by Gasteiger charge is -2.43. The van der Waals surface area contributed by atoms with Crippen molar-refractivity contribution < 1.29 is 13.5 Å². The van der Waals surface area contributed by atoms with Gasteiger partial charge in [-0.25, -0.2) is 8.78 Å². The maximum absolute atomic E-state index is 13.6. The quantitative estimate of drug-likeness (QED) is 0.831. The fourth-order valence-electron chi connectivity index (χ4n) is 3.67. The summed E-state index contributed by atoms with van der Waals surface area (Å²) in [4.78, 5) is 0. The molecule has 114 valence electrons. The molecule has 4 heteroatoms. The van der Waals surface area contributed by atoms with Gasteiger partial charge in [0.2, 0.25) is 0 Å². The fourth-order valence-corrected chi connectivity index (χ4v) is 3.67. The molecule has 1 N–H and O–H groups in total. The molecule has 3 atom stereocenters. The van der Waals surface area contributed by atoms with Crippen molar-refractivity contribution in [3.8, 4) is 0 Å². The van der Waals surface area contributed by atoms with E-state index in [2.05, 4.69) is 5.32 Å². The third-order valence-electron chi connectivity index (χ3n) is 4.64. The van der Waals surface area contributed by atoms with E-state index in [1.807, 2.05) is 6.07 Å². The summed E-state index contributed by atoms with van der Waals surface area (Å²) < 4.78 is 33.1. The number of benzene rings is 2. The Morgan fingerprint density at radius 1 is 1.05 bits per heavy atom. The number of halogens is 2. The first-order valence-corrected chi connectivity index (χ1v) is 7.65. The molecule has 0 radical (unpaired) electrons. The largest absolute Gasteiger partial charge is 0.378 e. The maximum Gasteiger partial charge on any atom is 0.123 e. The molecule has 0 aliphatic carbocycles. The molecule has 0 spiro atoms. The molecule has 2 aromatic rings. The smallest absolute Gasteiger partial charge is 0.123 e. The molecular weight excluding hydrogens is 284 g/mol. The van der Waals surface area contributed by atoms with Gasteiger partial charge in [-0.15, -0.1) is 0 Å². The van der Waals surface area contributed by atoms with Crippen LogP contribution < -0.4 is 5.32 Å². The van der Waals surface area contributed by atoms with E-state index in [0.29, 0.717) is 6.61 Å². The summed E-state index contributed by atoms with van der Waals surface area (Å²) in [5.74, 6) is -0.306. The van der Waals surface area contributed by atoms with Crippen molar-refractivity contribution in [2.45, 2.75) is 25.0 Å². The molecule has 0 saturated carbocycles. The summed E-state index contributed by atoms with van der Waals surface area (Å²) in [5, 5.41) is 3.45. The van der Waals surface area contributed by atoms with E-state index in [4.69, 9.17) is 4.74 Å². The van der Waals surface area contributed by atoms with Crippen molar-refractivity contribution in [1.82, 2.24) is 0 Å². The monoisotopic (exact) mass is 301 g/mol. The molecule has 2 aromatic carbocycles. The van der Waals surface area contributed by atoms with Crippen molar-refractivity contribution >= 4 is 5.69 Å². The highest BCUT2D eigenvalue weighted by molar-refractivity contribution is 5.57. The minimum absolute atomic E-state index is 0.0149. The molecular formula is C18H17F2NO. The van der Waals surface area contributed by atoms with Gasteiger partial charge in [-0.2, -0.15) is 0 Å². The van der Waals surface area contributed by atoms with Crippen LogP contribution in [0.2, 0.25) is 0 Å². The molecule has 2 aliphatic heterocycles. The summed E-state index contributed by atoms with van der Waals surface area (Å²) >= 11 is 0. The van der Waals surface area contributed by atoms with Crippen LogP contribution in [-0.2, 0) is 4.74 Å². The van der Waals surface area contributed by atoms with Crippen LogP contribution in [0.4, 0.5) is 14.5 Å². The molecule has 2 nitrogen and oxygen atoms in total. The number of nitrogens with one attached hydrogen (secondary N) is 1. The third-order valence-corrected chi connectivity index (χ3v) is 4.64. The van der Waals surface area contributed by atoms with Crippen LogP contribution >= 0.6 is 0 Å². The van der Waals surface area contributed by atoms with Crippen molar-refractivity contribution in [2.75, 3.05) is 11.9 Å². The van der Waals surface area contributed by atoms with Crippen LogP contribution in [0.25, 0.3) is 0 Å². The van der Waals surface area contributed by atoms with Gasteiger partial charge < -0.3 is 10.1 Å². The number of anilines is 1. The van der Waals surface area contributed by atoms with E-state index < -0.39 is 0 Å². The summed E-state index contributed by atoms with van der Waals surface area (Å²) in [5.41, 5.74) is 2.66. The lowest BCUT2D eigenvalue weighted by atomic mass is 9.77. The lowest BCUT2D eigenvalue weighted by molar-refractivity contribution is -0.0383. The van der Waals surface area contributed by atoms with Gasteiger partial charge in [0.1, 0.15) is 11.6 Å². The van der Waals surface area contributed by atoms with Crippen LogP contribution in [-0.4, -0.2) is 6.61 Å². The summed E-state index contributed by atoms with van der Waals surface area (Å²) in [7, 11) is 0. The maximum atomic E-state index is 13.6. The highest BCUT2D eigenvalue weighted by Gasteiger charge is 2.39. The first-order chi connectivity index (χ1) is 10.7. The average Bonchev–Trinajstić information content (AvgIpc) is 2.54. The highest BCUT2D eigenvalue weighted by Crippen LogP contribution is 2.49. The summed E-state index contributed by atoms with van der Waals surface area (Å²) in [6.07, 6.45) is 1.82. The first-order valence-electron chi connectivity index (χ1n) is 7.65. The van der Waals surface area contributed by atoms with E-state index >= 15 is 0 Å². The number of hydrogen-bond acceptors (Lipinski definition) is 2. The van der Waals surface area contributed by atoms with Gasteiger partial charge in [0.25, 0.3) is 0 Å². The van der Waals surface area contributed by atoms with E-state index in [-0.39, 0.29) is 29.7 Å². The van der Waals surface area contributed by atoms with Gasteiger partial charge in [-0.3, -0.25) is 0 Å². The topological polar surface area (TPSA) is 21.3 Å². The van der Waals surface area contributed by atoms with Crippen molar-refractivity contribution in [3.63, 3.8) is 0 Å². The molecule has 1 saturated heterocycles. The predicted octanol–water partition coefficient (Wildman–Crippen LogP) is 4.60. The Bertz CT molecular complexity index is 703. The Labute approximate surface area is 128 Å². The normalized spacial score (nSPS) is 26.7. The third kappa shape index (κ3) is 2.28. The van der Waals surface area contributed by atoms with Gasteiger partial charge in [-0.1, -0.05) is 12.1 Å². The van der Waals surface area contributed by atoms with Crippen molar-refractivity contribution in [1.29, 1.82) is 0 Å². The predicted molar refractivity (Wildman–Crippen MR) is 80.6 cm³/mol. The second kappa shape index (κ2) is 5.36. The van der Waals surface area contributed by atoms with Crippen molar-refractivity contribution in [2.24, 2.45) is 5.92 Å². The van der Waals surface area contributed by atoms with Crippen LogP contribution in [0.3, 0.4) is 0 Å². The van der Waals surface area contributed by atoms with Gasteiger partial charge in [0.05, 0.1) is 12.1 Å². The zero-order valence-corrected chi connectivity index (χ0v) is 12.1. The Balaban J connectivity index is 1.79. The molecule has 1 fully saturated rings. The number of fused-ring (bicyclic) bond motifs is 3. The molecule has 0 aromatic heterocycles. The van der Waals surface area contributed by atoms with Gasteiger partial charge in [0, 0.05) is 23.8 Å². The van der Waals surface area contributed by atoms with Gasteiger partial charge in [-0.05, 0) is 48.7 Å². The minimum Gasteiger partial charge on any atom is -0.378 e. The zero-order valence-electron chi connectivity index (χ0n) is 12.1. The van der Waals surface area contributed by atoms with Crippen LogP contribution in [0, 0.1) is 17.6 Å². The SMILES string of the molecule is Fc1cccc([C@H]2Nc3ccc(F)cc3[C@@H]3OCCC[C@H]23)c1. The Morgan fingerprint density at radius 2 is 1.91 bits per heavy atom. The minimum atomic E-state index is -0.252.